The third kappa shape index (κ3) is 2.65. The molecule has 5 heteroatoms. The Labute approximate surface area is 151 Å². The van der Waals surface area contributed by atoms with Crippen LogP contribution in [0, 0.1) is 0 Å². The summed E-state index contributed by atoms with van der Waals surface area (Å²) >= 11 is 0. The Morgan fingerprint density at radius 3 is 2.46 bits per heavy atom. The van der Waals surface area contributed by atoms with Gasteiger partial charge in [-0.15, -0.1) is 0 Å². The molecule has 0 radical (unpaired) electrons. The van der Waals surface area contributed by atoms with E-state index in [1.54, 1.807) is 23.1 Å². The number of carbonyl (C=O) groups excluding carboxylic acids is 1. The first kappa shape index (κ1) is 16.4. The average molecular weight is 348 g/mol. The Balaban J connectivity index is 1.79. The molecule has 3 aromatic rings. The van der Waals surface area contributed by atoms with Crippen LogP contribution in [-0.4, -0.2) is 25.0 Å². The smallest absolute Gasteiger partial charge is 0.349 e. The largest absolute Gasteiger partial charge is 0.422 e. The van der Waals surface area contributed by atoms with Crippen LogP contribution in [0.4, 0.5) is 11.4 Å². The molecule has 2 aromatic carbocycles. The van der Waals surface area contributed by atoms with E-state index in [0.717, 1.165) is 23.3 Å². The van der Waals surface area contributed by atoms with Crippen LogP contribution in [0.2, 0.25) is 0 Å². The minimum absolute atomic E-state index is 0.0662. The van der Waals surface area contributed by atoms with Crippen LogP contribution < -0.4 is 15.4 Å². The Morgan fingerprint density at radius 1 is 1.00 bits per heavy atom. The molecule has 5 nitrogen and oxygen atoms in total. The minimum atomic E-state index is -0.600. The highest BCUT2D eigenvalue weighted by Gasteiger charge is 2.30. The first-order chi connectivity index (χ1) is 12.6. The van der Waals surface area contributed by atoms with Crippen molar-refractivity contribution in [2.24, 2.45) is 0 Å². The van der Waals surface area contributed by atoms with Crippen molar-refractivity contribution >= 4 is 28.3 Å². The second-order valence-electron chi connectivity index (χ2n) is 6.72. The molecule has 0 spiro atoms. The SMILES string of the molecule is CC(C)N1CCN(C(=O)c2cc3ccccc3oc2=O)c2ccccc21. The van der Waals surface area contributed by atoms with Crippen LogP contribution in [0.25, 0.3) is 11.0 Å². The first-order valence-electron chi connectivity index (χ1n) is 8.76. The third-order valence-corrected chi connectivity index (χ3v) is 4.79. The molecule has 0 N–H and O–H groups in total. The lowest BCUT2D eigenvalue weighted by Gasteiger charge is -2.39. The molecule has 1 aliphatic heterocycles. The van der Waals surface area contributed by atoms with E-state index in [4.69, 9.17) is 4.42 Å². The van der Waals surface area contributed by atoms with Gasteiger partial charge in [0.2, 0.25) is 0 Å². The van der Waals surface area contributed by atoms with Gasteiger partial charge in [-0.05, 0) is 38.1 Å². The first-order valence-corrected chi connectivity index (χ1v) is 8.76. The van der Waals surface area contributed by atoms with Crippen molar-refractivity contribution in [1.82, 2.24) is 0 Å². The Bertz CT molecular complexity index is 1040. The third-order valence-electron chi connectivity index (χ3n) is 4.79. The van der Waals surface area contributed by atoms with Crippen LogP contribution in [-0.2, 0) is 0 Å². The summed E-state index contributed by atoms with van der Waals surface area (Å²) in [7, 11) is 0. The van der Waals surface area contributed by atoms with Gasteiger partial charge in [-0.2, -0.15) is 0 Å². The lowest BCUT2D eigenvalue weighted by Crippen LogP contribution is -2.47. The number of fused-ring (bicyclic) bond motifs is 2. The van der Waals surface area contributed by atoms with Crippen LogP contribution in [0.15, 0.2) is 63.8 Å². The van der Waals surface area contributed by atoms with E-state index < -0.39 is 5.63 Å². The zero-order valence-electron chi connectivity index (χ0n) is 14.8. The molecule has 0 saturated heterocycles. The number of benzene rings is 2. The summed E-state index contributed by atoms with van der Waals surface area (Å²) in [5.74, 6) is -0.319. The van der Waals surface area contributed by atoms with Crippen molar-refractivity contribution in [1.29, 1.82) is 0 Å². The van der Waals surface area contributed by atoms with Gasteiger partial charge < -0.3 is 14.2 Å². The molecule has 0 atom stereocenters. The highest BCUT2D eigenvalue weighted by molar-refractivity contribution is 6.09. The van der Waals surface area contributed by atoms with E-state index in [-0.39, 0.29) is 11.5 Å². The monoisotopic (exact) mass is 348 g/mol. The van der Waals surface area contributed by atoms with Gasteiger partial charge in [0.15, 0.2) is 0 Å². The Morgan fingerprint density at radius 2 is 1.69 bits per heavy atom. The van der Waals surface area contributed by atoms with Crippen molar-refractivity contribution in [3.05, 3.63) is 70.6 Å². The fourth-order valence-electron chi connectivity index (χ4n) is 3.49. The number of para-hydroxylation sites is 3. The molecule has 0 saturated carbocycles. The van der Waals surface area contributed by atoms with Crippen molar-refractivity contribution in [3.63, 3.8) is 0 Å². The molecule has 4 rings (SSSR count). The van der Waals surface area contributed by atoms with Crippen LogP contribution >= 0.6 is 0 Å². The summed E-state index contributed by atoms with van der Waals surface area (Å²) in [5, 5.41) is 0.740. The van der Waals surface area contributed by atoms with Gasteiger partial charge in [0.1, 0.15) is 11.1 Å². The van der Waals surface area contributed by atoms with Crippen LogP contribution in [0.1, 0.15) is 24.2 Å². The van der Waals surface area contributed by atoms with Gasteiger partial charge in [-0.25, -0.2) is 4.79 Å². The predicted molar refractivity (Wildman–Crippen MR) is 103 cm³/mol. The molecule has 0 aliphatic carbocycles. The van der Waals surface area contributed by atoms with E-state index in [9.17, 15) is 9.59 Å². The predicted octanol–water partition coefficient (Wildman–Crippen LogP) is 3.67. The molecule has 132 valence electrons. The summed E-state index contributed by atoms with van der Waals surface area (Å²) in [6.45, 7) is 5.51. The van der Waals surface area contributed by atoms with E-state index in [1.807, 2.05) is 36.4 Å². The van der Waals surface area contributed by atoms with Crippen molar-refractivity contribution in [3.8, 4) is 0 Å². The molecule has 1 aliphatic rings. The van der Waals surface area contributed by atoms with Crippen molar-refractivity contribution in [2.45, 2.75) is 19.9 Å². The second-order valence-corrected chi connectivity index (χ2v) is 6.72. The van der Waals surface area contributed by atoms with Crippen LogP contribution in [0.5, 0.6) is 0 Å². The topological polar surface area (TPSA) is 53.8 Å². The highest BCUT2D eigenvalue weighted by Crippen LogP contribution is 2.34. The number of rotatable bonds is 2. The molecule has 0 unspecified atom stereocenters. The van der Waals surface area contributed by atoms with E-state index >= 15 is 0 Å². The molecule has 26 heavy (non-hydrogen) atoms. The lowest BCUT2D eigenvalue weighted by atomic mass is 10.1. The van der Waals surface area contributed by atoms with Crippen molar-refractivity contribution < 1.29 is 9.21 Å². The quantitative estimate of drug-likeness (QED) is 0.663. The van der Waals surface area contributed by atoms with Gasteiger partial charge in [0.05, 0.1) is 11.4 Å². The molecule has 1 aromatic heterocycles. The standard InChI is InChI=1S/C21H20N2O3/c1-14(2)22-11-12-23(18-9-5-4-8-17(18)22)20(24)16-13-15-7-3-6-10-19(15)26-21(16)25/h3-10,13-14H,11-12H2,1-2H3. The maximum Gasteiger partial charge on any atom is 0.349 e. The molecule has 0 bridgehead atoms. The summed E-state index contributed by atoms with van der Waals surface area (Å²) < 4.78 is 5.34. The normalized spacial score (nSPS) is 14.0. The van der Waals surface area contributed by atoms with Crippen LogP contribution in [0.3, 0.4) is 0 Å². The molecule has 2 heterocycles. The summed E-state index contributed by atoms with van der Waals surface area (Å²) in [4.78, 5) is 29.5. The summed E-state index contributed by atoms with van der Waals surface area (Å²) in [5.41, 5.74) is 1.78. The van der Waals surface area contributed by atoms with E-state index in [0.29, 0.717) is 18.2 Å². The zero-order valence-corrected chi connectivity index (χ0v) is 14.8. The van der Waals surface area contributed by atoms with Gasteiger partial charge in [0, 0.05) is 24.5 Å². The fourth-order valence-corrected chi connectivity index (χ4v) is 3.49. The molecular weight excluding hydrogens is 328 g/mol. The fraction of sp³-hybridized carbons (Fsp3) is 0.238. The maximum atomic E-state index is 13.2. The van der Waals surface area contributed by atoms with E-state index in [1.165, 1.54) is 0 Å². The van der Waals surface area contributed by atoms with Gasteiger partial charge >= 0.3 is 5.63 Å². The highest BCUT2D eigenvalue weighted by atomic mass is 16.4. The van der Waals surface area contributed by atoms with Gasteiger partial charge in [-0.3, -0.25) is 4.79 Å². The van der Waals surface area contributed by atoms with E-state index in [2.05, 4.69) is 18.7 Å². The zero-order chi connectivity index (χ0) is 18.3. The Hall–Kier alpha value is -3.08. The molecular formula is C21H20N2O3. The van der Waals surface area contributed by atoms with Gasteiger partial charge in [-0.1, -0.05) is 30.3 Å². The Kier molecular flexibility index (Phi) is 3.99. The molecule has 0 fully saturated rings. The second kappa shape index (κ2) is 6.33. The lowest BCUT2D eigenvalue weighted by molar-refractivity contribution is 0.0983. The number of amides is 1. The average Bonchev–Trinajstić information content (AvgIpc) is 2.66. The maximum absolute atomic E-state index is 13.2. The molecule has 1 amide bonds. The van der Waals surface area contributed by atoms with Gasteiger partial charge in [0.25, 0.3) is 5.91 Å². The number of anilines is 2. The summed E-state index contributed by atoms with van der Waals surface area (Å²) in [6, 6.07) is 17.0. The summed E-state index contributed by atoms with van der Waals surface area (Å²) in [6.07, 6.45) is 0. The minimum Gasteiger partial charge on any atom is -0.422 e. The number of nitrogens with zero attached hydrogens (tertiary/aromatic N) is 2. The number of hydrogen-bond acceptors (Lipinski definition) is 4. The number of hydrogen-bond donors (Lipinski definition) is 0. The number of carbonyl (C=O) groups is 1. The van der Waals surface area contributed by atoms with Crippen molar-refractivity contribution in [2.75, 3.05) is 22.9 Å².